The molecule has 8 heteroatoms. The molecule has 0 saturated heterocycles. The van der Waals surface area contributed by atoms with Crippen LogP contribution < -0.4 is 5.32 Å². The highest BCUT2D eigenvalue weighted by molar-refractivity contribution is 5.86. The second-order valence-corrected chi connectivity index (χ2v) is 10.9. The Labute approximate surface area is 252 Å². The Balaban J connectivity index is 1.53. The highest BCUT2D eigenvalue weighted by Gasteiger charge is 2.28. The third-order valence-corrected chi connectivity index (χ3v) is 7.57. The van der Waals surface area contributed by atoms with E-state index in [1.54, 1.807) is 17.0 Å². The average Bonchev–Trinajstić information content (AvgIpc) is 3.01. The number of cyclic esters (lactones) is 1. The van der Waals surface area contributed by atoms with Crippen molar-refractivity contribution in [3.8, 4) is 0 Å². The maximum absolute atomic E-state index is 13.6. The molecule has 43 heavy (non-hydrogen) atoms. The van der Waals surface area contributed by atoms with Crippen LogP contribution in [0.4, 0.5) is 4.39 Å². The number of nitrogens with one attached hydrogen (secondary N) is 1. The van der Waals surface area contributed by atoms with Gasteiger partial charge in [-0.25, -0.2) is 4.39 Å². The van der Waals surface area contributed by atoms with Gasteiger partial charge in [-0.1, -0.05) is 84.9 Å². The minimum absolute atomic E-state index is 0.0194. The summed E-state index contributed by atoms with van der Waals surface area (Å²) in [6, 6.07) is 24.7. The molecule has 1 heterocycles. The molecule has 0 aliphatic carbocycles. The van der Waals surface area contributed by atoms with Crippen LogP contribution in [0.2, 0.25) is 0 Å². The van der Waals surface area contributed by atoms with Gasteiger partial charge in [-0.15, -0.1) is 0 Å². The van der Waals surface area contributed by atoms with Crippen LogP contribution in [0.1, 0.15) is 36.0 Å². The number of hydrogen-bond donors (Lipinski definition) is 2. The summed E-state index contributed by atoms with van der Waals surface area (Å²) >= 11 is 0. The number of aliphatic hydroxyl groups is 1. The van der Waals surface area contributed by atoms with Gasteiger partial charge in [0.05, 0.1) is 24.5 Å². The van der Waals surface area contributed by atoms with Crippen LogP contribution >= 0.6 is 0 Å². The van der Waals surface area contributed by atoms with E-state index in [0.29, 0.717) is 32.2 Å². The average molecular weight is 587 g/mol. The summed E-state index contributed by atoms with van der Waals surface area (Å²) in [4.78, 5) is 41.8. The largest absolute Gasteiger partial charge is 0.463 e. The molecule has 0 fully saturated rings. The Hall–Kier alpha value is -4.30. The van der Waals surface area contributed by atoms with Crippen molar-refractivity contribution in [3.05, 3.63) is 120 Å². The fourth-order valence-corrected chi connectivity index (χ4v) is 5.20. The van der Waals surface area contributed by atoms with Crippen LogP contribution in [0.15, 0.2) is 97.1 Å². The molecular formula is C35H39FN2O5. The minimum atomic E-state index is -0.648. The lowest BCUT2D eigenvalue weighted by Gasteiger charge is -2.26. The SMILES string of the molecule is O=C1N[C@H](Cc2ccccc2)COC(=O)[C@@H](Cc2ccc(F)cc2)C/C=C\C[C@H]1CC(=O)N(CCO)Cc1ccccc1. The van der Waals surface area contributed by atoms with Gasteiger partial charge in [0.25, 0.3) is 0 Å². The number of esters is 1. The zero-order valence-electron chi connectivity index (χ0n) is 24.2. The van der Waals surface area contributed by atoms with Crippen molar-refractivity contribution >= 4 is 17.8 Å². The fraction of sp³-hybridized carbons (Fsp3) is 0.343. The van der Waals surface area contributed by atoms with Crippen molar-refractivity contribution in [2.45, 2.75) is 44.7 Å². The number of allylic oxidation sites excluding steroid dienone is 2. The molecule has 0 aromatic heterocycles. The van der Waals surface area contributed by atoms with Gasteiger partial charge >= 0.3 is 5.97 Å². The summed E-state index contributed by atoms with van der Waals surface area (Å²) in [5.41, 5.74) is 2.73. The first-order chi connectivity index (χ1) is 20.9. The molecule has 7 nitrogen and oxygen atoms in total. The van der Waals surface area contributed by atoms with E-state index in [2.05, 4.69) is 5.32 Å². The normalized spacial score (nSPS) is 20.2. The third kappa shape index (κ3) is 10.2. The summed E-state index contributed by atoms with van der Waals surface area (Å²) in [6.07, 6.45) is 5.18. The van der Waals surface area contributed by atoms with E-state index < -0.39 is 17.9 Å². The molecule has 0 spiro atoms. The lowest BCUT2D eigenvalue weighted by Crippen LogP contribution is -2.45. The van der Waals surface area contributed by atoms with Crippen LogP contribution in [0.5, 0.6) is 0 Å². The van der Waals surface area contributed by atoms with E-state index in [4.69, 9.17) is 4.74 Å². The highest BCUT2D eigenvalue weighted by Crippen LogP contribution is 2.20. The van der Waals surface area contributed by atoms with E-state index >= 15 is 0 Å². The molecule has 0 bridgehead atoms. The molecule has 1 aliphatic heterocycles. The summed E-state index contributed by atoms with van der Waals surface area (Å²) in [5, 5.41) is 12.7. The molecule has 3 atom stereocenters. The van der Waals surface area contributed by atoms with Crippen molar-refractivity contribution in [2.75, 3.05) is 19.8 Å². The molecule has 3 aromatic carbocycles. The highest BCUT2D eigenvalue weighted by atomic mass is 19.1. The summed E-state index contributed by atoms with van der Waals surface area (Å²) in [5.74, 6) is -2.37. The Morgan fingerprint density at radius 1 is 0.837 bits per heavy atom. The number of aliphatic hydroxyl groups excluding tert-OH is 1. The van der Waals surface area contributed by atoms with Crippen molar-refractivity contribution in [3.63, 3.8) is 0 Å². The van der Waals surface area contributed by atoms with Crippen molar-refractivity contribution in [1.29, 1.82) is 0 Å². The van der Waals surface area contributed by atoms with Crippen LogP contribution in [-0.4, -0.2) is 53.6 Å². The smallest absolute Gasteiger partial charge is 0.309 e. The van der Waals surface area contributed by atoms with E-state index in [1.807, 2.05) is 72.8 Å². The third-order valence-electron chi connectivity index (χ3n) is 7.57. The van der Waals surface area contributed by atoms with Gasteiger partial charge in [0.1, 0.15) is 12.4 Å². The quantitative estimate of drug-likeness (QED) is 0.267. The second kappa shape index (κ2) is 16.4. The van der Waals surface area contributed by atoms with E-state index in [9.17, 15) is 23.9 Å². The van der Waals surface area contributed by atoms with E-state index in [1.165, 1.54) is 12.1 Å². The lowest BCUT2D eigenvalue weighted by atomic mass is 9.93. The number of amides is 2. The van der Waals surface area contributed by atoms with Gasteiger partial charge in [0, 0.05) is 19.5 Å². The van der Waals surface area contributed by atoms with Gasteiger partial charge in [0.2, 0.25) is 11.8 Å². The number of ether oxygens (including phenoxy) is 1. The van der Waals surface area contributed by atoms with E-state index in [-0.39, 0.29) is 49.8 Å². The van der Waals surface area contributed by atoms with Gasteiger partial charge in [-0.05, 0) is 54.5 Å². The Bertz CT molecular complexity index is 1350. The molecule has 2 amide bonds. The van der Waals surface area contributed by atoms with E-state index in [0.717, 1.165) is 16.7 Å². The molecule has 2 N–H and O–H groups in total. The molecule has 4 rings (SSSR count). The van der Waals surface area contributed by atoms with Crippen LogP contribution in [-0.2, 0) is 38.5 Å². The number of hydrogen-bond acceptors (Lipinski definition) is 5. The molecule has 1 aliphatic rings. The standard InChI is InChI=1S/C35H39FN2O5/c36-31-17-15-27(16-18-31)21-30-14-8-7-13-29(23-33(40)38(19-20-39)24-28-11-5-2-6-12-28)34(41)37-32(25-43-35(30)42)22-26-9-3-1-4-10-26/h1-12,15-18,29-30,32,39H,13-14,19-25H2,(H,37,41)/b8-7-/t29-,30+,32+/m0/s1. The van der Waals surface area contributed by atoms with Crippen molar-refractivity contribution < 1.29 is 28.6 Å². The lowest BCUT2D eigenvalue weighted by molar-refractivity contribution is -0.150. The number of nitrogens with zero attached hydrogens (tertiary/aromatic N) is 1. The Morgan fingerprint density at radius 3 is 2.09 bits per heavy atom. The number of carbonyl (C=O) groups is 3. The summed E-state index contributed by atoms with van der Waals surface area (Å²) in [7, 11) is 0. The Kier molecular flexibility index (Phi) is 12.0. The topological polar surface area (TPSA) is 95.9 Å². The predicted molar refractivity (Wildman–Crippen MR) is 162 cm³/mol. The van der Waals surface area contributed by atoms with Gasteiger partial charge in [0.15, 0.2) is 0 Å². The molecule has 3 aromatic rings. The van der Waals surface area contributed by atoms with Crippen LogP contribution in [0.3, 0.4) is 0 Å². The second-order valence-electron chi connectivity index (χ2n) is 10.9. The Morgan fingerprint density at radius 2 is 1.44 bits per heavy atom. The van der Waals surface area contributed by atoms with Crippen molar-refractivity contribution in [1.82, 2.24) is 10.2 Å². The molecule has 0 radical (unpaired) electrons. The first-order valence-electron chi connectivity index (χ1n) is 14.7. The van der Waals surface area contributed by atoms with Gasteiger partial charge in [-0.2, -0.15) is 0 Å². The molecule has 0 saturated carbocycles. The van der Waals surface area contributed by atoms with Crippen LogP contribution in [0, 0.1) is 17.7 Å². The molecule has 226 valence electrons. The zero-order valence-corrected chi connectivity index (χ0v) is 24.2. The fourth-order valence-electron chi connectivity index (χ4n) is 5.20. The number of carbonyl (C=O) groups excluding carboxylic acids is 3. The summed E-state index contributed by atoms with van der Waals surface area (Å²) < 4.78 is 19.2. The maximum atomic E-state index is 13.6. The minimum Gasteiger partial charge on any atom is -0.463 e. The van der Waals surface area contributed by atoms with Gasteiger partial charge in [-0.3, -0.25) is 14.4 Å². The van der Waals surface area contributed by atoms with Crippen molar-refractivity contribution in [2.24, 2.45) is 11.8 Å². The van der Waals surface area contributed by atoms with Crippen LogP contribution in [0.25, 0.3) is 0 Å². The number of benzene rings is 3. The predicted octanol–water partition coefficient (Wildman–Crippen LogP) is 4.63. The summed E-state index contributed by atoms with van der Waals surface area (Å²) in [6.45, 7) is 0.293. The zero-order chi connectivity index (χ0) is 30.4. The number of halogens is 1. The number of rotatable bonds is 10. The maximum Gasteiger partial charge on any atom is 0.309 e. The van der Waals surface area contributed by atoms with Gasteiger partial charge < -0.3 is 20.1 Å². The molecular weight excluding hydrogens is 547 g/mol. The molecule has 0 unspecified atom stereocenters. The first kappa shape index (κ1) is 31.6. The monoisotopic (exact) mass is 586 g/mol. The first-order valence-corrected chi connectivity index (χ1v) is 14.7.